The summed E-state index contributed by atoms with van der Waals surface area (Å²) in [6.45, 7) is 7.70. The summed E-state index contributed by atoms with van der Waals surface area (Å²) in [5, 5.41) is 11.9. The number of aromatic nitrogens is 1. The van der Waals surface area contributed by atoms with Crippen LogP contribution in [-0.2, 0) is 15.1 Å². The predicted molar refractivity (Wildman–Crippen MR) is 112 cm³/mol. The van der Waals surface area contributed by atoms with E-state index < -0.39 is 11.2 Å². The zero-order chi connectivity index (χ0) is 19.8. The van der Waals surface area contributed by atoms with E-state index in [2.05, 4.69) is 46.0 Å². The number of ether oxygens (including phenoxy) is 1. The molecular weight excluding hydrogens is 426 g/mol. The number of aliphatic hydroxyl groups is 1. The first-order chi connectivity index (χ1) is 12.6. The van der Waals surface area contributed by atoms with Gasteiger partial charge in [-0.05, 0) is 76.6 Å². The Balaban J connectivity index is 1.71. The van der Waals surface area contributed by atoms with Gasteiger partial charge in [-0.15, -0.1) is 11.3 Å². The van der Waals surface area contributed by atoms with Crippen LogP contribution >= 0.6 is 27.3 Å². The minimum Gasteiger partial charge on any atom is -0.460 e. The molecule has 0 saturated heterocycles. The first-order valence-electron chi connectivity index (χ1n) is 9.25. The van der Waals surface area contributed by atoms with E-state index in [1.54, 1.807) is 0 Å². The number of rotatable bonds is 3. The van der Waals surface area contributed by atoms with Crippen LogP contribution in [0.25, 0.3) is 10.4 Å². The molecule has 0 atom stereocenters. The number of esters is 1. The van der Waals surface area contributed by atoms with Crippen LogP contribution < -0.4 is 0 Å². The molecule has 0 aliphatic heterocycles. The van der Waals surface area contributed by atoms with Crippen molar-refractivity contribution in [1.82, 2.24) is 4.98 Å². The van der Waals surface area contributed by atoms with Crippen LogP contribution in [0.4, 0.5) is 0 Å². The molecule has 1 heterocycles. The molecule has 6 heteroatoms. The SMILES string of the molecule is Cc1cc(Br)cc(-c2cnc([C@]3(O)CC[C@@H](C(=O)OC(C)(C)C)CC3)s2)c1. The van der Waals surface area contributed by atoms with Gasteiger partial charge < -0.3 is 9.84 Å². The number of aryl methyl sites for hydroxylation is 1. The Morgan fingerprint density at radius 3 is 2.56 bits per heavy atom. The molecule has 27 heavy (non-hydrogen) atoms. The van der Waals surface area contributed by atoms with Crippen LogP contribution in [0, 0.1) is 12.8 Å². The molecule has 146 valence electrons. The summed E-state index contributed by atoms with van der Waals surface area (Å²) in [5.41, 5.74) is 0.835. The molecule has 4 nitrogen and oxygen atoms in total. The lowest BCUT2D eigenvalue weighted by Crippen LogP contribution is -2.36. The molecule has 0 unspecified atom stereocenters. The third kappa shape index (κ3) is 4.98. The van der Waals surface area contributed by atoms with Gasteiger partial charge in [-0.3, -0.25) is 4.79 Å². The molecule has 1 aliphatic rings. The van der Waals surface area contributed by atoms with Crippen LogP contribution in [0.2, 0.25) is 0 Å². The summed E-state index contributed by atoms with van der Waals surface area (Å²) in [6, 6.07) is 6.25. The van der Waals surface area contributed by atoms with Crippen molar-refractivity contribution < 1.29 is 14.6 Å². The van der Waals surface area contributed by atoms with Gasteiger partial charge in [-0.1, -0.05) is 22.0 Å². The van der Waals surface area contributed by atoms with E-state index in [9.17, 15) is 9.90 Å². The largest absolute Gasteiger partial charge is 0.460 e. The summed E-state index contributed by atoms with van der Waals surface area (Å²) < 4.78 is 6.53. The number of benzene rings is 1. The second-order valence-corrected chi connectivity index (χ2v) is 10.3. The van der Waals surface area contributed by atoms with Crippen molar-refractivity contribution in [3.05, 3.63) is 39.4 Å². The lowest BCUT2D eigenvalue weighted by Gasteiger charge is -2.34. The summed E-state index contributed by atoms with van der Waals surface area (Å²) in [5.74, 6) is -0.300. The number of carbonyl (C=O) groups is 1. The molecule has 1 aromatic carbocycles. The second kappa shape index (κ2) is 7.64. The van der Waals surface area contributed by atoms with Gasteiger partial charge in [-0.25, -0.2) is 4.98 Å². The van der Waals surface area contributed by atoms with Crippen molar-refractivity contribution in [1.29, 1.82) is 0 Å². The molecular formula is C21H26BrNO3S. The first-order valence-corrected chi connectivity index (χ1v) is 10.9. The summed E-state index contributed by atoms with van der Waals surface area (Å²) in [4.78, 5) is 17.8. The Bertz CT molecular complexity index is 812. The minimum absolute atomic E-state index is 0.142. The smallest absolute Gasteiger partial charge is 0.309 e. The van der Waals surface area contributed by atoms with E-state index in [-0.39, 0.29) is 11.9 Å². The van der Waals surface area contributed by atoms with Crippen molar-refractivity contribution in [2.75, 3.05) is 0 Å². The Hall–Kier alpha value is -1.24. The molecule has 0 bridgehead atoms. The van der Waals surface area contributed by atoms with Crippen molar-refractivity contribution in [3.8, 4) is 10.4 Å². The van der Waals surface area contributed by atoms with Gasteiger partial charge in [0.05, 0.1) is 10.8 Å². The highest BCUT2D eigenvalue weighted by Gasteiger charge is 2.40. The Morgan fingerprint density at radius 2 is 1.96 bits per heavy atom. The Kier molecular flexibility index (Phi) is 5.80. The van der Waals surface area contributed by atoms with E-state index in [0.717, 1.165) is 19.9 Å². The Morgan fingerprint density at radius 1 is 1.30 bits per heavy atom. The maximum atomic E-state index is 12.3. The fourth-order valence-electron chi connectivity index (χ4n) is 3.43. The summed E-state index contributed by atoms with van der Waals surface area (Å²) >= 11 is 5.07. The molecule has 1 N–H and O–H groups in total. The third-order valence-electron chi connectivity index (χ3n) is 4.78. The van der Waals surface area contributed by atoms with E-state index in [4.69, 9.17) is 4.74 Å². The van der Waals surface area contributed by atoms with Crippen LogP contribution in [-0.4, -0.2) is 21.7 Å². The molecule has 0 spiro atoms. The van der Waals surface area contributed by atoms with Gasteiger partial charge in [-0.2, -0.15) is 0 Å². The zero-order valence-electron chi connectivity index (χ0n) is 16.2. The molecule has 0 radical (unpaired) electrons. The molecule has 1 aliphatic carbocycles. The average molecular weight is 452 g/mol. The highest BCUT2D eigenvalue weighted by atomic mass is 79.9. The third-order valence-corrected chi connectivity index (χ3v) is 6.48. The average Bonchev–Trinajstić information content (AvgIpc) is 3.03. The van der Waals surface area contributed by atoms with Gasteiger partial charge in [0.2, 0.25) is 0 Å². The monoisotopic (exact) mass is 451 g/mol. The second-order valence-electron chi connectivity index (χ2n) is 8.39. The number of nitrogens with zero attached hydrogens (tertiary/aromatic N) is 1. The lowest BCUT2D eigenvalue weighted by atomic mass is 9.79. The van der Waals surface area contributed by atoms with Gasteiger partial charge in [0.25, 0.3) is 0 Å². The van der Waals surface area contributed by atoms with Crippen LogP contribution in [0.3, 0.4) is 0 Å². The van der Waals surface area contributed by atoms with Gasteiger partial charge in [0, 0.05) is 10.7 Å². The molecule has 0 amide bonds. The van der Waals surface area contributed by atoms with Crippen LogP contribution in [0.15, 0.2) is 28.9 Å². The van der Waals surface area contributed by atoms with E-state index in [1.165, 1.54) is 16.9 Å². The summed E-state index contributed by atoms with van der Waals surface area (Å²) in [7, 11) is 0. The number of halogens is 1. The van der Waals surface area contributed by atoms with Crippen molar-refractivity contribution in [2.45, 2.75) is 64.6 Å². The molecule has 1 saturated carbocycles. The van der Waals surface area contributed by atoms with E-state index >= 15 is 0 Å². The number of hydrogen-bond acceptors (Lipinski definition) is 5. The van der Waals surface area contributed by atoms with Crippen molar-refractivity contribution in [2.24, 2.45) is 5.92 Å². The highest BCUT2D eigenvalue weighted by Crippen LogP contribution is 2.43. The maximum absolute atomic E-state index is 12.3. The van der Waals surface area contributed by atoms with Crippen LogP contribution in [0.1, 0.15) is 57.0 Å². The van der Waals surface area contributed by atoms with Gasteiger partial charge in [0.1, 0.15) is 16.2 Å². The normalized spacial score (nSPS) is 23.3. The fourth-order valence-corrected chi connectivity index (χ4v) is 5.09. The maximum Gasteiger partial charge on any atom is 0.309 e. The Labute approximate surface area is 173 Å². The summed E-state index contributed by atoms with van der Waals surface area (Å²) in [6.07, 6.45) is 4.13. The zero-order valence-corrected chi connectivity index (χ0v) is 18.6. The molecule has 1 aromatic heterocycles. The molecule has 3 rings (SSSR count). The molecule has 2 aromatic rings. The number of carbonyl (C=O) groups excluding carboxylic acids is 1. The van der Waals surface area contributed by atoms with Gasteiger partial charge in [0.15, 0.2) is 0 Å². The highest BCUT2D eigenvalue weighted by molar-refractivity contribution is 9.10. The molecule has 1 fully saturated rings. The predicted octanol–water partition coefficient (Wildman–Crippen LogP) is 5.60. The lowest BCUT2D eigenvalue weighted by molar-refractivity contribution is -0.163. The van der Waals surface area contributed by atoms with Crippen molar-refractivity contribution in [3.63, 3.8) is 0 Å². The topological polar surface area (TPSA) is 59.4 Å². The first kappa shape index (κ1) is 20.5. The minimum atomic E-state index is -0.956. The quantitative estimate of drug-likeness (QED) is 0.616. The standard InChI is InChI=1S/C21H26BrNO3S/c1-13-9-15(11-16(22)10-13)17-12-23-19(27-17)21(25)7-5-14(6-8-21)18(24)26-20(2,3)4/h9-12,14,25H,5-8H2,1-4H3/t14-,21+. The van der Waals surface area contributed by atoms with E-state index in [0.29, 0.717) is 25.7 Å². The van der Waals surface area contributed by atoms with Gasteiger partial charge >= 0.3 is 5.97 Å². The number of thiazole rings is 1. The fraction of sp³-hybridized carbons (Fsp3) is 0.524. The van der Waals surface area contributed by atoms with Crippen molar-refractivity contribution >= 4 is 33.2 Å². The van der Waals surface area contributed by atoms with E-state index in [1.807, 2.05) is 27.0 Å². The number of hydrogen-bond donors (Lipinski definition) is 1. The van der Waals surface area contributed by atoms with Crippen LogP contribution in [0.5, 0.6) is 0 Å².